The Morgan fingerprint density at radius 2 is 1.76 bits per heavy atom. The first-order valence-electron chi connectivity index (χ1n) is 7.22. The van der Waals surface area contributed by atoms with E-state index in [1.807, 2.05) is 30.3 Å². The fraction of sp³-hybridized carbons (Fsp3) is 0.278. The van der Waals surface area contributed by atoms with Crippen LogP contribution in [0.1, 0.15) is 36.5 Å². The average molecular weight is 303 g/mol. The minimum Gasteiger partial charge on any atom is -0.482 e. The third-order valence-electron chi connectivity index (χ3n) is 3.26. The van der Waals surface area contributed by atoms with Gasteiger partial charge in [-0.3, -0.25) is 4.79 Å². The molecule has 0 aliphatic carbocycles. The first-order chi connectivity index (χ1) is 10.2. The van der Waals surface area contributed by atoms with Gasteiger partial charge in [-0.1, -0.05) is 43.1 Å². The zero-order valence-corrected chi connectivity index (χ0v) is 12.8. The van der Waals surface area contributed by atoms with Crippen LogP contribution in [-0.2, 0) is 0 Å². The highest BCUT2D eigenvalue weighted by Crippen LogP contribution is 2.19. The number of Topliss-reactive ketones (excluding diaryl/α,β-unsaturated/α-hetero) is 1. The molecule has 1 unspecified atom stereocenters. The number of ether oxygens (including phenoxy) is 1. The van der Waals surface area contributed by atoms with Crippen LogP contribution in [0.2, 0.25) is 5.02 Å². The first kappa shape index (κ1) is 15.6. The van der Waals surface area contributed by atoms with E-state index in [1.54, 1.807) is 24.3 Å². The lowest BCUT2D eigenvalue weighted by atomic mass is 10.0. The summed E-state index contributed by atoms with van der Waals surface area (Å²) < 4.78 is 5.88. The molecule has 0 fully saturated rings. The molecular weight excluding hydrogens is 284 g/mol. The van der Waals surface area contributed by atoms with Gasteiger partial charge in [0, 0.05) is 10.6 Å². The topological polar surface area (TPSA) is 26.3 Å². The van der Waals surface area contributed by atoms with Crippen molar-refractivity contribution in [1.29, 1.82) is 0 Å². The van der Waals surface area contributed by atoms with Crippen LogP contribution in [0.5, 0.6) is 5.75 Å². The molecule has 0 aliphatic heterocycles. The maximum atomic E-state index is 12.6. The molecule has 2 aromatic rings. The first-order valence-corrected chi connectivity index (χ1v) is 7.60. The van der Waals surface area contributed by atoms with Crippen molar-refractivity contribution in [3.8, 4) is 5.75 Å². The second-order valence-electron chi connectivity index (χ2n) is 4.93. The lowest BCUT2D eigenvalue weighted by Crippen LogP contribution is -2.27. The predicted octanol–water partition coefficient (Wildman–Crippen LogP) is 5.16. The highest BCUT2D eigenvalue weighted by atomic mass is 35.5. The number of carbonyl (C=O) groups excluding carboxylic acids is 1. The molecule has 0 aliphatic rings. The molecule has 2 aromatic carbocycles. The van der Waals surface area contributed by atoms with E-state index in [-0.39, 0.29) is 5.78 Å². The second-order valence-corrected chi connectivity index (χ2v) is 5.37. The normalized spacial score (nSPS) is 11.9. The van der Waals surface area contributed by atoms with Gasteiger partial charge in [-0.15, -0.1) is 0 Å². The Morgan fingerprint density at radius 3 is 2.38 bits per heavy atom. The molecule has 3 heteroatoms. The molecule has 2 nitrogen and oxygen atoms in total. The molecule has 0 amide bonds. The van der Waals surface area contributed by atoms with Crippen molar-refractivity contribution in [2.24, 2.45) is 0 Å². The number of benzene rings is 2. The highest BCUT2D eigenvalue weighted by molar-refractivity contribution is 6.30. The zero-order valence-electron chi connectivity index (χ0n) is 12.1. The summed E-state index contributed by atoms with van der Waals surface area (Å²) in [5, 5.41) is 0.626. The Labute approximate surface area is 130 Å². The third-order valence-corrected chi connectivity index (χ3v) is 3.51. The average Bonchev–Trinajstić information content (AvgIpc) is 2.52. The summed E-state index contributed by atoms with van der Waals surface area (Å²) in [4.78, 5) is 12.6. The van der Waals surface area contributed by atoms with Crippen molar-refractivity contribution in [2.75, 3.05) is 0 Å². The lowest BCUT2D eigenvalue weighted by Gasteiger charge is -2.18. The fourth-order valence-electron chi connectivity index (χ4n) is 2.10. The Morgan fingerprint density at radius 1 is 1.10 bits per heavy atom. The van der Waals surface area contributed by atoms with E-state index in [4.69, 9.17) is 16.3 Å². The van der Waals surface area contributed by atoms with Crippen molar-refractivity contribution >= 4 is 17.4 Å². The Hall–Kier alpha value is -1.80. The number of unbranched alkanes of at least 4 members (excludes halogenated alkanes) is 1. The van der Waals surface area contributed by atoms with Crippen LogP contribution in [0.25, 0.3) is 0 Å². The molecule has 21 heavy (non-hydrogen) atoms. The van der Waals surface area contributed by atoms with Crippen molar-refractivity contribution in [1.82, 2.24) is 0 Å². The maximum absolute atomic E-state index is 12.6. The second kappa shape index (κ2) is 7.84. The summed E-state index contributed by atoms with van der Waals surface area (Å²) in [5.74, 6) is 0.727. The summed E-state index contributed by atoms with van der Waals surface area (Å²) in [5.41, 5.74) is 0.636. The monoisotopic (exact) mass is 302 g/mol. The van der Waals surface area contributed by atoms with Crippen molar-refractivity contribution in [3.05, 3.63) is 65.2 Å². The van der Waals surface area contributed by atoms with Gasteiger partial charge in [0.05, 0.1) is 0 Å². The van der Waals surface area contributed by atoms with Crippen molar-refractivity contribution in [2.45, 2.75) is 32.3 Å². The molecule has 0 bridgehead atoms. The number of halogens is 1. The molecule has 0 radical (unpaired) electrons. The number of rotatable bonds is 7. The van der Waals surface area contributed by atoms with Gasteiger partial charge in [0.25, 0.3) is 0 Å². The van der Waals surface area contributed by atoms with Crippen LogP contribution >= 0.6 is 11.6 Å². The number of para-hydroxylation sites is 1. The molecule has 0 saturated carbocycles. The molecule has 1 atom stereocenters. The lowest BCUT2D eigenvalue weighted by molar-refractivity contribution is 0.0775. The molecule has 0 N–H and O–H groups in total. The third kappa shape index (κ3) is 4.61. The smallest absolute Gasteiger partial charge is 0.203 e. The van der Waals surface area contributed by atoms with Crippen molar-refractivity contribution in [3.63, 3.8) is 0 Å². The Balaban J connectivity index is 2.14. The van der Waals surface area contributed by atoms with Crippen LogP contribution in [0.4, 0.5) is 0 Å². The van der Waals surface area contributed by atoms with Gasteiger partial charge >= 0.3 is 0 Å². The number of ketones is 1. The van der Waals surface area contributed by atoms with Gasteiger partial charge in [-0.05, 0) is 49.2 Å². The van der Waals surface area contributed by atoms with Crippen LogP contribution in [0, 0.1) is 0 Å². The van der Waals surface area contributed by atoms with E-state index in [0.717, 1.165) is 18.6 Å². The minimum atomic E-state index is -0.450. The molecular formula is C18H19ClO2. The van der Waals surface area contributed by atoms with E-state index in [1.165, 1.54) is 0 Å². The fourth-order valence-corrected chi connectivity index (χ4v) is 2.22. The molecule has 110 valence electrons. The standard InChI is InChI=1S/C18H19ClO2/c1-2-3-9-17(21-16-7-5-4-6-8-16)18(20)14-10-12-15(19)13-11-14/h4-8,10-13,17H,2-3,9H2,1H3. The predicted molar refractivity (Wildman–Crippen MR) is 86.2 cm³/mol. The van der Waals surface area contributed by atoms with E-state index >= 15 is 0 Å². The molecule has 2 rings (SSSR count). The van der Waals surface area contributed by atoms with Crippen LogP contribution in [-0.4, -0.2) is 11.9 Å². The van der Waals surface area contributed by atoms with Gasteiger partial charge in [-0.2, -0.15) is 0 Å². The van der Waals surface area contributed by atoms with E-state index in [9.17, 15) is 4.79 Å². The van der Waals surface area contributed by atoms with Gasteiger partial charge < -0.3 is 4.74 Å². The Bertz CT molecular complexity index is 564. The molecule has 0 saturated heterocycles. The number of carbonyl (C=O) groups is 1. The van der Waals surface area contributed by atoms with Crippen LogP contribution < -0.4 is 4.74 Å². The zero-order chi connectivity index (χ0) is 15.1. The Kier molecular flexibility index (Phi) is 5.82. The highest BCUT2D eigenvalue weighted by Gasteiger charge is 2.21. The van der Waals surface area contributed by atoms with E-state index < -0.39 is 6.10 Å². The van der Waals surface area contributed by atoms with E-state index in [2.05, 4.69) is 6.92 Å². The minimum absolute atomic E-state index is 0.00368. The van der Waals surface area contributed by atoms with E-state index in [0.29, 0.717) is 17.0 Å². The summed E-state index contributed by atoms with van der Waals surface area (Å²) in [6.07, 6.45) is 2.25. The quantitative estimate of drug-likeness (QED) is 0.660. The molecule has 0 spiro atoms. The molecule has 0 heterocycles. The van der Waals surface area contributed by atoms with Gasteiger partial charge in [0.15, 0.2) is 6.10 Å². The summed E-state index contributed by atoms with van der Waals surface area (Å²) in [6.45, 7) is 2.10. The largest absolute Gasteiger partial charge is 0.482 e. The van der Waals surface area contributed by atoms with Gasteiger partial charge in [-0.25, -0.2) is 0 Å². The van der Waals surface area contributed by atoms with Crippen LogP contribution in [0.15, 0.2) is 54.6 Å². The van der Waals surface area contributed by atoms with Crippen LogP contribution in [0.3, 0.4) is 0 Å². The summed E-state index contributed by atoms with van der Waals surface area (Å²) in [6, 6.07) is 16.4. The number of hydrogen-bond donors (Lipinski definition) is 0. The van der Waals surface area contributed by atoms with Crippen molar-refractivity contribution < 1.29 is 9.53 Å². The molecule has 0 aromatic heterocycles. The maximum Gasteiger partial charge on any atom is 0.203 e. The van der Waals surface area contributed by atoms with Gasteiger partial charge in [0.2, 0.25) is 5.78 Å². The van der Waals surface area contributed by atoms with Gasteiger partial charge in [0.1, 0.15) is 5.75 Å². The number of hydrogen-bond acceptors (Lipinski definition) is 2. The SMILES string of the molecule is CCCCC(Oc1ccccc1)C(=O)c1ccc(Cl)cc1. The summed E-state index contributed by atoms with van der Waals surface area (Å²) >= 11 is 5.87. The summed E-state index contributed by atoms with van der Waals surface area (Å²) in [7, 11) is 0.